The maximum atomic E-state index is 6.19. The highest BCUT2D eigenvalue weighted by molar-refractivity contribution is 5.13. The summed E-state index contributed by atoms with van der Waals surface area (Å²) in [5.41, 5.74) is 2.47. The highest BCUT2D eigenvalue weighted by atomic mass is 16.5. The normalized spacial score (nSPS) is 26.2. The third-order valence-electron chi connectivity index (χ3n) is 5.64. The Morgan fingerprint density at radius 1 is 1.24 bits per heavy atom. The quantitative estimate of drug-likeness (QED) is 0.917. The lowest BCUT2D eigenvalue weighted by molar-refractivity contribution is -0.0585. The van der Waals surface area contributed by atoms with Gasteiger partial charge >= 0.3 is 0 Å². The first-order chi connectivity index (χ1) is 12.2. The van der Waals surface area contributed by atoms with Crippen LogP contribution in [0.25, 0.3) is 0 Å². The number of rotatable bonds is 4. The molecular formula is C18H27N5O2. The van der Waals surface area contributed by atoms with Crippen molar-refractivity contribution in [2.45, 2.75) is 58.1 Å². The van der Waals surface area contributed by atoms with Crippen LogP contribution < -0.4 is 0 Å². The van der Waals surface area contributed by atoms with Crippen molar-refractivity contribution >= 4 is 0 Å². The molecule has 0 unspecified atom stereocenters. The molecule has 0 radical (unpaired) electrons. The predicted molar refractivity (Wildman–Crippen MR) is 92.1 cm³/mol. The lowest BCUT2D eigenvalue weighted by Crippen LogP contribution is -2.42. The van der Waals surface area contributed by atoms with E-state index in [1.165, 1.54) is 11.3 Å². The molecule has 0 aromatic carbocycles. The van der Waals surface area contributed by atoms with E-state index in [4.69, 9.17) is 9.26 Å². The van der Waals surface area contributed by atoms with Crippen molar-refractivity contribution in [1.29, 1.82) is 0 Å². The molecule has 1 N–H and O–H groups in total. The fourth-order valence-electron chi connectivity index (χ4n) is 4.19. The molecule has 2 fully saturated rings. The number of aromatic amines is 1. The molecule has 2 aromatic heterocycles. The Morgan fingerprint density at radius 2 is 2.08 bits per heavy atom. The molecule has 0 bridgehead atoms. The molecule has 7 nitrogen and oxygen atoms in total. The number of H-pyrrole nitrogens is 1. The fraction of sp³-hybridized carbons (Fsp3) is 0.722. The number of aryl methyl sites for hydroxylation is 2. The molecule has 7 heteroatoms. The number of hydrogen-bond acceptors (Lipinski definition) is 6. The van der Waals surface area contributed by atoms with Crippen LogP contribution in [-0.4, -0.2) is 51.0 Å². The molecular weight excluding hydrogens is 318 g/mol. The van der Waals surface area contributed by atoms with Crippen LogP contribution in [0, 0.1) is 19.8 Å². The van der Waals surface area contributed by atoms with Crippen molar-refractivity contribution in [3.63, 3.8) is 0 Å². The number of nitrogens with zero attached hydrogens (tertiary/aromatic N) is 4. The predicted octanol–water partition coefficient (Wildman–Crippen LogP) is 2.58. The van der Waals surface area contributed by atoms with Crippen LogP contribution >= 0.6 is 0 Å². The zero-order valence-corrected chi connectivity index (χ0v) is 15.1. The van der Waals surface area contributed by atoms with E-state index in [0.29, 0.717) is 11.7 Å². The van der Waals surface area contributed by atoms with Gasteiger partial charge in [0.15, 0.2) is 5.82 Å². The van der Waals surface area contributed by atoms with Gasteiger partial charge in [0.25, 0.3) is 0 Å². The molecule has 2 atom stereocenters. The van der Waals surface area contributed by atoms with Crippen LogP contribution in [0.2, 0.25) is 0 Å². The van der Waals surface area contributed by atoms with Crippen LogP contribution in [0.1, 0.15) is 54.6 Å². The first-order valence-electron chi connectivity index (χ1n) is 9.33. The Kier molecular flexibility index (Phi) is 4.85. The summed E-state index contributed by atoms with van der Waals surface area (Å²) in [4.78, 5) is 6.98. The van der Waals surface area contributed by atoms with E-state index in [-0.39, 0.29) is 12.0 Å². The molecule has 0 amide bonds. The molecule has 0 spiro atoms. The highest BCUT2D eigenvalue weighted by Gasteiger charge is 2.38. The summed E-state index contributed by atoms with van der Waals surface area (Å²) in [5.74, 6) is 2.29. The minimum Gasteiger partial charge on any atom is -0.377 e. The lowest BCUT2D eigenvalue weighted by Gasteiger charge is -2.40. The SMILES string of the molecule is Cc1noc([C@@H]2CCCO[C@H]2C2CCN(Cc3[nH]ncc3C)CC2)n1. The molecule has 2 aliphatic rings. The minimum atomic E-state index is 0.213. The van der Waals surface area contributed by atoms with Gasteiger partial charge in [-0.15, -0.1) is 0 Å². The Hall–Kier alpha value is -1.73. The van der Waals surface area contributed by atoms with E-state index >= 15 is 0 Å². The number of ether oxygens (including phenoxy) is 1. The van der Waals surface area contributed by atoms with Gasteiger partial charge in [0, 0.05) is 13.2 Å². The second-order valence-electron chi connectivity index (χ2n) is 7.41. The van der Waals surface area contributed by atoms with Gasteiger partial charge in [0.2, 0.25) is 5.89 Å². The Balaban J connectivity index is 1.38. The maximum Gasteiger partial charge on any atom is 0.232 e. The summed E-state index contributed by atoms with van der Waals surface area (Å²) >= 11 is 0. The number of aromatic nitrogens is 4. The number of hydrogen-bond donors (Lipinski definition) is 1. The van der Waals surface area contributed by atoms with E-state index in [9.17, 15) is 0 Å². The summed E-state index contributed by atoms with van der Waals surface area (Å²) in [5, 5.41) is 11.2. The van der Waals surface area contributed by atoms with Gasteiger partial charge in [-0.1, -0.05) is 5.16 Å². The number of nitrogens with one attached hydrogen (secondary N) is 1. The number of likely N-dealkylation sites (tertiary alicyclic amines) is 1. The summed E-state index contributed by atoms with van der Waals surface area (Å²) < 4.78 is 11.7. The van der Waals surface area contributed by atoms with Crippen LogP contribution in [0.15, 0.2) is 10.7 Å². The largest absolute Gasteiger partial charge is 0.377 e. The summed E-state index contributed by atoms with van der Waals surface area (Å²) in [6.45, 7) is 7.98. The minimum absolute atomic E-state index is 0.213. The molecule has 0 saturated carbocycles. The van der Waals surface area contributed by atoms with Gasteiger partial charge in [0.1, 0.15) is 0 Å². The molecule has 4 heterocycles. The van der Waals surface area contributed by atoms with E-state index < -0.39 is 0 Å². The molecule has 2 aliphatic heterocycles. The second kappa shape index (κ2) is 7.25. The first-order valence-corrected chi connectivity index (χ1v) is 9.33. The van der Waals surface area contributed by atoms with Crippen LogP contribution in [0.5, 0.6) is 0 Å². The maximum absolute atomic E-state index is 6.19. The van der Waals surface area contributed by atoms with Gasteiger partial charge in [0.05, 0.1) is 23.9 Å². The first kappa shape index (κ1) is 16.7. The summed E-state index contributed by atoms with van der Waals surface area (Å²) in [6.07, 6.45) is 6.57. The van der Waals surface area contributed by atoms with Gasteiger partial charge in [-0.05, 0) is 64.1 Å². The summed E-state index contributed by atoms with van der Waals surface area (Å²) in [6, 6.07) is 0. The zero-order chi connectivity index (χ0) is 17.2. The highest BCUT2D eigenvalue weighted by Crippen LogP contribution is 2.37. The van der Waals surface area contributed by atoms with E-state index in [1.54, 1.807) is 0 Å². The topological polar surface area (TPSA) is 80.1 Å². The average Bonchev–Trinajstić information content (AvgIpc) is 3.24. The lowest BCUT2D eigenvalue weighted by atomic mass is 9.80. The van der Waals surface area contributed by atoms with Crippen LogP contribution in [-0.2, 0) is 11.3 Å². The van der Waals surface area contributed by atoms with Crippen molar-refractivity contribution in [3.05, 3.63) is 29.2 Å². The van der Waals surface area contributed by atoms with Gasteiger partial charge in [-0.3, -0.25) is 10.00 Å². The molecule has 136 valence electrons. The third-order valence-corrected chi connectivity index (χ3v) is 5.64. The standard InChI is InChI=1S/C18H27N5O2/c1-12-10-19-21-16(12)11-23-7-5-14(6-8-23)17-15(4-3-9-24-17)18-20-13(2)22-25-18/h10,14-15,17H,3-9,11H2,1-2H3,(H,19,21)/t15-,17+/m1/s1. The van der Waals surface area contributed by atoms with E-state index in [1.807, 2.05) is 13.1 Å². The van der Waals surface area contributed by atoms with Crippen LogP contribution in [0.4, 0.5) is 0 Å². The van der Waals surface area contributed by atoms with Gasteiger partial charge in [-0.2, -0.15) is 10.1 Å². The van der Waals surface area contributed by atoms with Crippen molar-refractivity contribution in [2.75, 3.05) is 19.7 Å². The zero-order valence-electron chi connectivity index (χ0n) is 15.1. The molecule has 2 saturated heterocycles. The van der Waals surface area contributed by atoms with Crippen LogP contribution in [0.3, 0.4) is 0 Å². The third kappa shape index (κ3) is 3.62. The number of piperidine rings is 1. The summed E-state index contributed by atoms with van der Waals surface area (Å²) in [7, 11) is 0. The monoisotopic (exact) mass is 345 g/mol. The van der Waals surface area contributed by atoms with Crippen molar-refractivity contribution < 1.29 is 9.26 Å². The average molecular weight is 345 g/mol. The Bertz CT molecular complexity index is 689. The van der Waals surface area contributed by atoms with E-state index in [0.717, 1.165) is 57.8 Å². The second-order valence-corrected chi connectivity index (χ2v) is 7.41. The smallest absolute Gasteiger partial charge is 0.232 e. The molecule has 4 rings (SSSR count). The fourth-order valence-corrected chi connectivity index (χ4v) is 4.19. The van der Waals surface area contributed by atoms with Gasteiger partial charge in [-0.25, -0.2) is 0 Å². The Labute approximate surface area is 148 Å². The van der Waals surface area contributed by atoms with Gasteiger partial charge < -0.3 is 9.26 Å². The van der Waals surface area contributed by atoms with Crippen molar-refractivity contribution in [3.8, 4) is 0 Å². The molecule has 0 aliphatic carbocycles. The van der Waals surface area contributed by atoms with E-state index in [2.05, 4.69) is 32.2 Å². The van der Waals surface area contributed by atoms with Crippen molar-refractivity contribution in [2.24, 2.45) is 5.92 Å². The molecule has 2 aromatic rings. The Morgan fingerprint density at radius 3 is 2.76 bits per heavy atom. The van der Waals surface area contributed by atoms with Crippen molar-refractivity contribution in [1.82, 2.24) is 25.2 Å². The molecule has 25 heavy (non-hydrogen) atoms.